The number of nitrogens with zero attached hydrogens (tertiary/aromatic N) is 1. The van der Waals surface area contributed by atoms with Crippen LogP contribution in [0, 0.1) is 0 Å². The van der Waals surface area contributed by atoms with Crippen LogP contribution in [-0.4, -0.2) is 16.5 Å². The average Bonchev–Trinajstić information content (AvgIpc) is 3.05. The normalized spacial score (nSPS) is 19.0. The van der Waals surface area contributed by atoms with Crippen molar-refractivity contribution in [3.05, 3.63) is 54.5 Å². The van der Waals surface area contributed by atoms with Crippen LogP contribution in [-0.2, 0) is 0 Å². The van der Waals surface area contributed by atoms with Crippen LogP contribution in [0.2, 0.25) is 0 Å². The van der Waals surface area contributed by atoms with Crippen LogP contribution in [0.5, 0.6) is 0 Å². The number of aromatic nitrogens is 2. The Morgan fingerprint density at radius 3 is 2.76 bits per heavy atom. The lowest BCUT2D eigenvalue weighted by Crippen LogP contribution is -2.27. The van der Waals surface area contributed by atoms with Crippen molar-refractivity contribution in [2.45, 2.75) is 25.3 Å². The Bertz CT molecular complexity index is 754. The maximum Gasteiger partial charge on any atom is 0.123 e. The number of hydrogen-bond acceptors (Lipinski definition) is 2. The van der Waals surface area contributed by atoms with E-state index in [0.29, 0.717) is 6.04 Å². The molecule has 1 saturated heterocycles. The van der Waals surface area contributed by atoms with Crippen molar-refractivity contribution in [3.8, 4) is 11.3 Å². The summed E-state index contributed by atoms with van der Waals surface area (Å²) in [5, 5.41) is 6.07. The van der Waals surface area contributed by atoms with Crippen LogP contribution >= 0.6 is 0 Å². The van der Waals surface area contributed by atoms with E-state index in [-0.39, 0.29) is 0 Å². The Kier molecular flexibility index (Phi) is 3.20. The zero-order chi connectivity index (χ0) is 14.1. The van der Waals surface area contributed by atoms with Gasteiger partial charge in [0.15, 0.2) is 0 Å². The average molecular weight is 277 g/mol. The first kappa shape index (κ1) is 12.6. The fourth-order valence-corrected chi connectivity index (χ4v) is 3.10. The van der Waals surface area contributed by atoms with Crippen LogP contribution in [0.4, 0.5) is 0 Å². The number of hydrogen-bond donors (Lipinski definition) is 2. The van der Waals surface area contributed by atoms with Gasteiger partial charge < -0.3 is 10.3 Å². The van der Waals surface area contributed by atoms with E-state index in [1.165, 1.54) is 35.6 Å². The van der Waals surface area contributed by atoms with Crippen molar-refractivity contribution in [1.29, 1.82) is 0 Å². The molecular weight excluding hydrogens is 258 g/mol. The van der Waals surface area contributed by atoms with Gasteiger partial charge in [-0.15, -0.1) is 0 Å². The number of benzene rings is 2. The largest absolute Gasteiger partial charge is 0.341 e. The summed E-state index contributed by atoms with van der Waals surface area (Å²) in [5.41, 5.74) is 2.30. The van der Waals surface area contributed by atoms with Crippen molar-refractivity contribution < 1.29 is 0 Å². The zero-order valence-electron chi connectivity index (χ0n) is 12.0. The highest BCUT2D eigenvalue weighted by atomic mass is 15.0. The molecule has 0 saturated carbocycles. The van der Waals surface area contributed by atoms with E-state index in [4.69, 9.17) is 0 Å². The molecule has 1 unspecified atom stereocenters. The minimum Gasteiger partial charge on any atom is -0.341 e. The number of nitrogens with one attached hydrogen (secondary N) is 2. The van der Waals surface area contributed by atoms with Gasteiger partial charge in [-0.1, -0.05) is 42.8 Å². The lowest BCUT2D eigenvalue weighted by Gasteiger charge is -2.21. The molecule has 4 rings (SSSR count). The maximum absolute atomic E-state index is 4.58. The summed E-state index contributed by atoms with van der Waals surface area (Å²) in [7, 11) is 0. The monoisotopic (exact) mass is 277 g/mol. The van der Waals surface area contributed by atoms with E-state index < -0.39 is 0 Å². The van der Waals surface area contributed by atoms with E-state index in [2.05, 4.69) is 57.7 Å². The molecule has 3 aromatic rings. The molecule has 2 aromatic carbocycles. The topological polar surface area (TPSA) is 40.7 Å². The number of H-pyrrole nitrogens is 1. The van der Waals surface area contributed by atoms with Gasteiger partial charge >= 0.3 is 0 Å². The Balaban J connectivity index is 1.67. The van der Waals surface area contributed by atoms with Gasteiger partial charge in [0.1, 0.15) is 5.82 Å². The summed E-state index contributed by atoms with van der Waals surface area (Å²) in [6, 6.07) is 15.4. The molecule has 1 aromatic heterocycles. The molecule has 1 atom stereocenters. The van der Waals surface area contributed by atoms with Gasteiger partial charge in [0.25, 0.3) is 0 Å². The van der Waals surface area contributed by atoms with Gasteiger partial charge in [0.05, 0.1) is 17.9 Å². The minimum atomic E-state index is 0.382. The quantitative estimate of drug-likeness (QED) is 0.742. The molecular formula is C18H19N3. The lowest BCUT2D eigenvalue weighted by atomic mass is 10.0. The highest BCUT2D eigenvalue weighted by Crippen LogP contribution is 2.26. The van der Waals surface area contributed by atoms with Crippen LogP contribution in [0.3, 0.4) is 0 Å². The second-order valence-corrected chi connectivity index (χ2v) is 5.75. The molecule has 0 bridgehead atoms. The molecule has 21 heavy (non-hydrogen) atoms. The first-order chi connectivity index (χ1) is 10.4. The molecule has 0 radical (unpaired) electrons. The van der Waals surface area contributed by atoms with Gasteiger partial charge in [0, 0.05) is 5.56 Å². The second-order valence-electron chi connectivity index (χ2n) is 5.75. The third kappa shape index (κ3) is 2.45. The van der Waals surface area contributed by atoms with E-state index in [1.807, 2.05) is 6.20 Å². The summed E-state index contributed by atoms with van der Waals surface area (Å²) in [4.78, 5) is 8.07. The lowest BCUT2D eigenvalue weighted by molar-refractivity contribution is 0.399. The third-order valence-corrected chi connectivity index (χ3v) is 4.30. The standard InChI is InChI=1S/C18H19N3/c1-2-6-14-11-15(9-8-13(14)5-1)17-12-20-18(21-17)16-7-3-4-10-19-16/h1-2,5-6,8-9,11-12,16,19H,3-4,7,10H2,(H,20,21). The summed E-state index contributed by atoms with van der Waals surface area (Å²) in [6.45, 7) is 1.09. The fourth-order valence-electron chi connectivity index (χ4n) is 3.10. The summed E-state index contributed by atoms with van der Waals surface area (Å²) in [5.74, 6) is 1.07. The van der Waals surface area contributed by atoms with E-state index in [9.17, 15) is 0 Å². The second kappa shape index (κ2) is 5.34. The third-order valence-electron chi connectivity index (χ3n) is 4.30. The molecule has 106 valence electrons. The van der Waals surface area contributed by atoms with Crippen LogP contribution in [0.1, 0.15) is 31.1 Å². The first-order valence-electron chi connectivity index (χ1n) is 7.68. The molecule has 3 heteroatoms. The smallest absolute Gasteiger partial charge is 0.123 e. The summed E-state index contributed by atoms with van der Waals surface area (Å²) in [6.07, 6.45) is 5.68. The number of aromatic amines is 1. The number of rotatable bonds is 2. The van der Waals surface area contributed by atoms with Gasteiger partial charge in [-0.2, -0.15) is 0 Å². The van der Waals surface area contributed by atoms with Gasteiger partial charge in [-0.05, 0) is 36.2 Å². The molecule has 1 aliphatic heterocycles. The number of fused-ring (bicyclic) bond motifs is 1. The molecule has 0 aliphatic carbocycles. The highest BCUT2D eigenvalue weighted by Gasteiger charge is 2.17. The first-order valence-corrected chi connectivity index (χ1v) is 7.68. The number of imidazole rings is 1. The van der Waals surface area contributed by atoms with Gasteiger partial charge in [0.2, 0.25) is 0 Å². The fraction of sp³-hybridized carbons (Fsp3) is 0.278. The molecule has 1 fully saturated rings. The van der Waals surface area contributed by atoms with Crippen molar-refractivity contribution in [2.24, 2.45) is 0 Å². The van der Waals surface area contributed by atoms with Crippen LogP contribution in [0.25, 0.3) is 22.0 Å². The van der Waals surface area contributed by atoms with Crippen molar-refractivity contribution in [3.63, 3.8) is 0 Å². The molecule has 0 spiro atoms. The molecule has 2 heterocycles. The molecule has 3 nitrogen and oxygen atoms in total. The van der Waals surface area contributed by atoms with Crippen LogP contribution in [0.15, 0.2) is 48.7 Å². The summed E-state index contributed by atoms with van der Waals surface area (Å²) >= 11 is 0. The summed E-state index contributed by atoms with van der Waals surface area (Å²) < 4.78 is 0. The predicted octanol–water partition coefficient (Wildman–Crippen LogP) is 4.04. The van der Waals surface area contributed by atoms with E-state index in [0.717, 1.165) is 18.1 Å². The van der Waals surface area contributed by atoms with Crippen LogP contribution < -0.4 is 5.32 Å². The molecule has 2 N–H and O–H groups in total. The molecule has 0 amide bonds. The number of piperidine rings is 1. The Hall–Kier alpha value is -2.13. The maximum atomic E-state index is 4.58. The van der Waals surface area contributed by atoms with Crippen molar-refractivity contribution in [2.75, 3.05) is 6.54 Å². The van der Waals surface area contributed by atoms with E-state index >= 15 is 0 Å². The van der Waals surface area contributed by atoms with Crippen molar-refractivity contribution >= 4 is 10.8 Å². The minimum absolute atomic E-state index is 0.382. The van der Waals surface area contributed by atoms with E-state index in [1.54, 1.807) is 0 Å². The van der Waals surface area contributed by atoms with Gasteiger partial charge in [-0.25, -0.2) is 4.98 Å². The highest BCUT2D eigenvalue weighted by molar-refractivity contribution is 5.86. The van der Waals surface area contributed by atoms with Gasteiger partial charge in [-0.3, -0.25) is 0 Å². The zero-order valence-corrected chi connectivity index (χ0v) is 12.0. The Morgan fingerprint density at radius 1 is 1.00 bits per heavy atom. The molecule has 1 aliphatic rings. The Morgan fingerprint density at radius 2 is 1.90 bits per heavy atom. The Labute approximate surface area is 124 Å². The van der Waals surface area contributed by atoms with Crippen molar-refractivity contribution in [1.82, 2.24) is 15.3 Å². The SMILES string of the molecule is c1ccc2cc(-c3cnc(C4CCCCN4)[nH]3)ccc2c1. The predicted molar refractivity (Wildman–Crippen MR) is 86.1 cm³/mol.